The van der Waals surface area contributed by atoms with Gasteiger partial charge in [0.25, 0.3) is 0 Å². The van der Waals surface area contributed by atoms with E-state index in [9.17, 15) is 0 Å². The van der Waals surface area contributed by atoms with Crippen molar-refractivity contribution in [1.29, 1.82) is 0 Å². The molecule has 2 atom stereocenters. The van der Waals surface area contributed by atoms with Crippen molar-refractivity contribution in [2.45, 2.75) is 39.2 Å². The smallest absolute Gasteiger partial charge is 0.149 e. The molecule has 3 heteroatoms. The van der Waals surface area contributed by atoms with E-state index in [-0.39, 0.29) is 0 Å². The molecular weight excluding hydrogens is 198 g/mol. The summed E-state index contributed by atoms with van der Waals surface area (Å²) >= 11 is 0. The van der Waals surface area contributed by atoms with Crippen molar-refractivity contribution in [2.24, 2.45) is 5.41 Å². The van der Waals surface area contributed by atoms with E-state index in [0.717, 1.165) is 23.7 Å². The van der Waals surface area contributed by atoms with Crippen LogP contribution < -0.4 is 10.6 Å². The molecule has 1 aliphatic heterocycles. The first-order valence-corrected chi connectivity index (χ1v) is 6.15. The Kier molecular flexibility index (Phi) is 2.09. The maximum atomic E-state index is 4.59. The third-order valence-corrected chi connectivity index (χ3v) is 4.11. The van der Waals surface area contributed by atoms with Gasteiger partial charge in [-0.2, -0.15) is 0 Å². The van der Waals surface area contributed by atoms with Gasteiger partial charge in [0.1, 0.15) is 5.82 Å². The van der Waals surface area contributed by atoms with Crippen molar-refractivity contribution in [1.82, 2.24) is 4.98 Å². The first kappa shape index (κ1) is 9.94. The molecule has 1 aliphatic carbocycles. The maximum Gasteiger partial charge on any atom is 0.149 e. The highest BCUT2D eigenvalue weighted by atomic mass is 15.1. The summed E-state index contributed by atoms with van der Waals surface area (Å²) in [4.78, 5) is 4.59. The van der Waals surface area contributed by atoms with Gasteiger partial charge in [-0.3, -0.25) is 0 Å². The Morgan fingerprint density at radius 2 is 2.31 bits per heavy atom. The Morgan fingerprint density at radius 1 is 1.44 bits per heavy atom. The predicted molar refractivity (Wildman–Crippen MR) is 66.8 cm³/mol. The van der Waals surface area contributed by atoms with Crippen LogP contribution in [0.4, 0.5) is 11.5 Å². The molecule has 16 heavy (non-hydrogen) atoms. The van der Waals surface area contributed by atoms with E-state index in [4.69, 9.17) is 0 Å². The van der Waals surface area contributed by atoms with Crippen LogP contribution in [0.3, 0.4) is 0 Å². The largest absolute Gasteiger partial charge is 0.381 e. The highest BCUT2D eigenvalue weighted by Crippen LogP contribution is 2.42. The summed E-state index contributed by atoms with van der Waals surface area (Å²) in [5.41, 5.74) is 2.62. The molecule has 2 N–H and O–H groups in total. The maximum absolute atomic E-state index is 4.59. The summed E-state index contributed by atoms with van der Waals surface area (Å²) in [6.45, 7) is 5.48. The summed E-state index contributed by atoms with van der Waals surface area (Å²) in [5, 5.41) is 7.17. The zero-order valence-electron chi connectivity index (χ0n) is 10.0. The minimum atomic E-state index is 0.384. The standard InChI is InChI=1S/C13H19N3/c1-9-5-6-10-12(15-9)16-11-4-3-7-13(11,2)8-14-10/h5-6,11,14H,3-4,7-8H2,1-2H3,(H,15,16). The first-order valence-electron chi connectivity index (χ1n) is 6.15. The Labute approximate surface area is 96.7 Å². The van der Waals surface area contributed by atoms with Gasteiger partial charge in [0.05, 0.1) is 5.69 Å². The molecule has 3 rings (SSSR count). The van der Waals surface area contributed by atoms with Crippen LogP contribution in [0.2, 0.25) is 0 Å². The van der Waals surface area contributed by atoms with Crippen molar-refractivity contribution in [3.8, 4) is 0 Å². The molecule has 0 aromatic carbocycles. The van der Waals surface area contributed by atoms with Crippen LogP contribution in [-0.4, -0.2) is 17.6 Å². The molecule has 2 heterocycles. The van der Waals surface area contributed by atoms with E-state index in [1.54, 1.807) is 0 Å². The van der Waals surface area contributed by atoms with E-state index in [2.05, 4.69) is 34.7 Å². The first-order chi connectivity index (χ1) is 7.67. The van der Waals surface area contributed by atoms with Crippen LogP contribution >= 0.6 is 0 Å². The van der Waals surface area contributed by atoms with Gasteiger partial charge in [-0.05, 0) is 31.9 Å². The zero-order valence-corrected chi connectivity index (χ0v) is 10.0. The molecule has 0 amide bonds. The van der Waals surface area contributed by atoms with Gasteiger partial charge in [0.15, 0.2) is 0 Å². The van der Waals surface area contributed by atoms with Crippen LogP contribution in [0.25, 0.3) is 0 Å². The van der Waals surface area contributed by atoms with Crippen LogP contribution in [0.15, 0.2) is 12.1 Å². The molecule has 2 aliphatic rings. The Morgan fingerprint density at radius 3 is 3.19 bits per heavy atom. The lowest BCUT2D eigenvalue weighted by atomic mass is 9.85. The Hall–Kier alpha value is -1.25. The molecule has 0 saturated heterocycles. The number of aryl methyl sites for hydroxylation is 1. The lowest BCUT2D eigenvalue weighted by Crippen LogP contribution is -2.36. The summed E-state index contributed by atoms with van der Waals surface area (Å²) < 4.78 is 0. The summed E-state index contributed by atoms with van der Waals surface area (Å²) in [6.07, 6.45) is 3.91. The SMILES string of the molecule is Cc1ccc2c(n1)NC1CCCC1(C)CN2. The molecule has 0 radical (unpaired) electrons. The quantitative estimate of drug-likeness (QED) is 0.701. The second kappa shape index (κ2) is 3.37. The minimum Gasteiger partial charge on any atom is -0.381 e. The number of anilines is 2. The number of aromatic nitrogens is 1. The zero-order chi connectivity index (χ0) is 11.2. The molecule has 1 aromatic rings. The number of hydrogen-bond acceptors (Lipinski definition) is 3. The van der Waals surface area contributed by atoms with E-state index in [1.165, 1.54) is 19.3 Å². The number of nitrogens with one attached hydrogen (secondary N) is 2. The van der Waals surface area contributed by atoms with E-state index in [0.29, 0.717) is 11.5 Å². The fourth-order valence-electron chi connectivity index (χ4n) is 2.96. The molecular formula is C13H19N3. The lowest BCUT2D eigenvalue weighted by molar-refractivity contribution is 0.335. The summed E-state index contributed by atoms with van der Waals surface area (Å²) in [6, 6.07) is 4.78. The Balaban J connectivity index is 1.98. The van der Waals surface area contributed by atoms with Gasteiger partial charge in [-0.25, -0.2) is 4.98 Å². The molecule has 1 aromatic heterocycles. The average Bonchev–Trinajstić information content (AvgIpc) is 2.54. The van der Waals surface area contributed by atoms with Gasteiger partial charge >= 0.3 is 0 Å². The molecule has 0 spiro atoms. The van der Waals surface area contributed by atoms with Crippen LogP contribution in [0, 0.1) is 12.3 Å². The second-order valence-electron chi connectivity index (χ2n) is 5.45. The summed E-state index contributed by atoms with van der Waals surface area (Å²) in [5.74, 6) is 1.04. The summed E-state index contributed by atoms with van der Waals surface area (Å²) in [7, 11) is 0. The molecule has 1 saturated carbocycles. The van der Waals surface area contributed by atoms with Gasteiger partial charge in [-0.15, -0.1) is 0 Å². The van der Waals surface area contributed by atoms with Crippen molar-refractivity contribution in [2.75, 3.05) is 17.2 Å². The van der Waals surface area contributed by atoms with E-state index >= 15 is 0 Å². The van der Waals surface area contributed by atoms with E-state index in [1.807, 2.05) is 6.92 Å². The monoisotopic (exact) mass is 217 g/mol. The second-order valence-corrected chi connectivity index (χ2v) is 5.45. The number of fused-ring (bicyclic) bond motifs is 2. The van der Waals surface area contributed by atoms with Crippen molar-refractivity contribution in [3.05, 3.63) is 17.8 Å². The number of hydrogen-bond donors (Lipinski definition) is 2. The van der Waals surface area contributed by atoms with Gasteiger partial charge < -0.3 is 10.6 Å². The van der Waals surface area contributed by atoms with E-state index < -0.39 is 0 Å². The number of nitrogens with zero attached hydrogens (tertiary/aromatic N) is 1. The average molecular weight is 217 g/mol. The van der Waals surface area contributed by atoms with Crippen molar-refractivity contribution >= 4 is 11.5 Å². The molecule has 86 valence electrons. The van der Waals surface area contributed by atoms with Crippen molar-refractivity contribution < 1.29 is 0 Å². The number of rotatable bonds is 0. The molecule has 1 fully saturated rings. The third kappa shape index (κ3) is 1.46. The molecule has 0 bridgehead atoms. The van der Waals surface area contributed by atoms with Crippen LogP contribution in [0.1, 0.15) is 31.9 Å². The predicted octanol–water partition coefficient (Wildman–Crippen LogP) is 2.79. The normalized spacial score (nSPS) is 32.0. The highest BCUT2D eigenvalue weighted by molar-refractivity contribution is 5.66. The third-order valence-electron chi connectivity index (χ3n) is 4.11. The van der Waals surface area contributed by atoms with Crippen LogP contribution in [-0.2, 0) is 0 Å². The topological polar surface area (TPSA) is 37.0 Å². The lowest BCUT2D eigenvalue weighted by Gasteiger charge is -2.29. The van der Waals surface area contributed by atoms with Gasteiger partial charge in [0.2, 0.25) is 0 Å². The molecule has 3 nitrogen and oxygen atoms in total. The van der Waals surface area contributed by atoms with Gasteiger partial charge in [-0.1, -0.05) is 13.3 Å². The van der Waals surface area contributed by atoms with Gasteiger partial charge in [0, 0.05) is 23.7 Å². The fraction of sp³-hybridized carbons (Fsp3) is 0.615. The number of pyridine rings is 1. The van der Waals surface area contributed by atoms with Crippen molar-refractivity contribution in [3.63, 3.8) is 0 Å². The fourth-order valence-corrected chi connectivity index (χ4v) is 2.96. The minimum absolute atomic E-state index is 0.384. The highest BCUT2D eigenvalue weighted by Gasteiger charge is 2.40. The molecule has 2 unspecified atom stereocenters. The Bertz CT molecular complexity index is 416. The van der Waals surface area contributed by atoms with Crippen LogP contribution in [0.5, 0.6) is 0 Å².